The Labute approximate surface area is 178 Å². The van der Waals surface area contributed by atoms with Crippen molar-refractivity contribution in [1.29, 1.82) is 0 Å². The molecule has 18 heteroatoms. The first-order valence-electron chi connectivity index (χ1n) is 6.23. The average Bonchev–Trinajstić information content (AvgIpc) is 2.34. The van der Waals surface area contributed by atoms with E-state index in [4.69, 9.17) is 10.2 Å². The molecule has 0 saturated carbocycles. The molecule has 0 aliphatic rings. The van der Waals surface area contributed by atoms with Crippen LogP contribution in [0.1, 0.15) is 25.7 Å². The topological polar surface area (TPSA) is 391 Å². The normalized spacial score (nSPS) is 9.40. The van der Waals surface area contributed by atoms with Gasteiger partial charge in [-0.2, -0.15) is 0 Å². The van der Waals surface area contributed by atoms with Crippen molar-refractivity contribution in [2.45, 2.75) is 36.9 Å². The molecule has 30 heavy (non-hydrogen) atoms. The van der Waals surface area contributed by atoms with Crippen molar-refractivity contribution >= 4 is 35.8 Å². The fraction of sp³-hybridized carbons (Fsp3) is 0.500. The van der Waals surface area contributed by atoms with Crippen LogP contribution in [0.4, 0.5) is 0 Å². The number of aliphatic hydroxyl groups is 2. The van der Waals surface area contributed by atoms with Gasteiger partial charge in [-0.15, -0.1) is 0 Å². The third kappa shape index (κ3) is 17.3. The van der Waals surface area contributed by atoms with E-state index in [0.29, 0.717) is 0 Å². The minimum atomic E-state index is -2.97. The van der Waals surface area contributed by atoms with Crippen LogP contribution in [-0.4, -0.2) is 57.2 Å². The Hall–Kier alpha value is -2.85. The van der Waals surface area contributed by atoms with Crippen molar-refractivity contribution in [1.82, 2.24) is 18.5 Å². The third-order valence-electron chi connectivity index (χ3n) is 2.51. The van der Waals surface area contributed by atoms with E-state index in [1.807, 2.05) is 0 Å². The molecule has 0 aromatic rings. The molecule has 14 N–H and O–H groups in total. The Morgan fingerprint density at radius 1 is 0.500 bits per heavy atom. The summed E-state index contributed by atoms with van der Waals surface area (Å²) < 4.78 is 0. The fourth-order valence-corrected chi connectivity index (χ4v) is 1.37. The molecule has 0 heterocycles. The van der Waals surface area contributed by atoms with Crippen LogP contribution >= 0.6 is 0 Å². The van der Waals surface area contributed by atoms with Gasteiger partial charge in [0.05, 0.1) is 11.9 Å². The summed E-state index contributed by atoms with van der Waals surface area (Å²) in [4.78, 5) is 60.0. The first-order valence-corrected chi connectivity index (χ1v) is 6.23. The van der Waals surface area contributed by atoms with E-state index in [1.54, 1.807) is 0 Å². The van der Waals surface area contributed by atoms with Crippen molar-refractivity contribution in [2.75, 3.05) is 0 Å². The van der Waals surface area contributed by atoms with E-state index in [9.17, 15) is 59.4 Å². The second kappa shape index (κ2) is 17.0. The monoisotopic (exact) mass is 484 g/mol. The van der Waals surface area contributed by atoms with Crippen LogP contribution in [0, 0.1) is 0 Å². The van der Waals surface area contributed by atoms with Gasteiger partial charge in [0.2, 0.25) is 0 Å². The molecule has 17 nitrogen and oxygen atoms in total. The second-order valence-electron chi connectivity index (χ2n) is 4.83. The van der Waals surface area contributed by atoms with Crippen molar-refractivity contribution in [3.8, 4) is 0 Å². The van der Waals surface area contributed by atoms with Crippen molar-refractivity contribution in [2.24, 2.45) is 0 Å². The zero-order valence-corrected chi connectivity index (χ0v) is 17.3. The van der Waals surface area contributed by atoms with Gasteiger partial charge < -0.3 is 88.1 Å². The van der Waals surface area contributed by atoms with Crippen molar-refractivity contribution < 1.29 is 87.0 Å². The number of aliphatic carboxylic acids is 6. The van der Waals surface area contributed by atoms with Crippen LogP contribution in [0.25, 0.3) is 0 Å². The Balaban J connectivity index is -0.0000000847. The van der Waals surface area contributed by atoms with E-state index < -0.39 is 72.7 Å². The molecular formula is C12H22CrN3O14. The molecule has 0 amide bonds. The molecule has 0 saturated heterocycles. The first-order chi connectivity index (χ1) is 11.6. The maximum Gasteiger partial charge on any atom is 3.00 e. The van der Waals surface area contributed by atoms with Gasteiger partial charge in [-0.25, -0.2) is 0 Å². The number of carboxylic acid groups (broad SMARTS) is 6. The number of carbonyl (C=O) groups is 6. The van der Waals surface area contributed by atoms with Crippen molar-refractivity contribution in [3.05, 3.63) is 0 Å². The molecule has 0 rings (SSSR count). The molecule has 0 unspecified atom stereocenters. The Morgan fingerprint density at radius 2 is 0.633 bits per heavy atom. The quantitative estimate of drug-likeness (QED) is 0.192. The number of hydrogen-bond acceptors (Lipinski definition) is 14. The van der Waals surface area contributed by atoms with Crippen LogP contribution in [0.5, 0.6) is 0 Å². The SMILES string of the molecule is O=C([O-])CC(O)(CC(=O)[O-])C(=O)[O-].O=C([O-])CC(O)(CC(=O)[O-])C(=O)[O-].[Cr+3].[NH4+].[NH4+].[NH4+]. The van der Waals surface area contributed by atoms with Gasteiger partial charge in [0.1, 0.15) is 11.2 Å². The van der Waals surface area contributed by atoms with Crippen LogP contribution in [0.3, 0.4) is 0 Å². The zero-order valence-electron chi connectivity index (χ0n) is 16.0. The molecule has 0 atom stereocenters. The Kier molecular flexibility index (Phi) is 23.6. The van der Waals surface area contributed by atoms with E-state index >= 15 is 0 Å². The number of carbonyl (C=O) groups excluding carboxylic acids is 6. The largest absolute Gasteiger partial charge is 3.00 e. The summed E-state index contributed by atoms with van der Waals surface area (Å²) in [6.45, 7) is 0. The van der Waals surface area contributed by atoms with E-state index in [-0.39, 0.29) is 35.8 Å². The summed E-state index contributed by atoms with van der Waals surface area (Å²) in [5, 5.41) is 77.9. The van der Waals surface area contributed by atoms with Gasteiger partial charge in [-0.05, 0) is 0 Å². The Morgan fingerprint density at radius 3 is 0.700 bits per heavy atom. The molecule has 1 radical (unpaired) electrons. The molecule has 0 aromatic heterocycles. The summed E-state index contributed by atoms with van der Waals surface area (Å²) in [7, 11) is 0. The molecule has 0 aliphatic heterocycles. The smallest absolute Gasteiger partial charge is 0.550 e. The molecular weight excluding hydrogens is 462 g/mol. The molecule has 0 spiro atoms. The summed E-state index contributed by atoms with van der Waals surface area (Å²) in [6.07, 6.45) is -5.43. The van der Waals surface area contributed by atoms with E-state index in [0.717, 1.165) is 0 Å². The van der Waals surface area contributed by atoms with Crippen LogP contribution < -0.4 is 49.1 Å². The van der Waals surface area contributed by atoms with Gasteiger partial charge in [-0.3, -0.25) is 0 Å². The summed E-state index contributed by atoms with van der Waals surface area (Å²) in [6, 6.07) is 0. The minimum absolute atomic E-state index is 0. The zero-order chi connectivity index (χ0) is 21.3. The number of quaternary nitrogens is 3. The third-order valence-corrected chi connectivity index (χ3v) is 2.51. The van der Waals surface area contributed by atoms with E-state index in [2.05, 4.69) is 0 Å². The number of hydrogen-bond donors (Lipinski definition) is 5. The van der Waals surface area contributed by atoms with Crippen LogP contribution in [-0.2, 0) is 46.1 Å². The molecule has 0 aromatic carbocycles. The van der Waals surface area contributed by atoms with Crippen molar-refractivity contribution in [3.63, 3.8) is 0 Å². The summed E-state index contributed by atoms with van der Waals surface area (Å²) in [5.74, 6) is -12.0. The predicted molar refractivity (Wildman–Crippen MR) is 76.4 cm³/mol. The van der Waals surface area contributed by atoms with Crippen LogP contribution in [0.2, 0.25) is 0 Å². The average molecular weight is 484 g/mol. The maximum absolute atomic E-state index is 10.1. The molecule has 0 fully saturated rings. The second-order valence-corrected chi connectivity index (χ2v) is 4.83. The Bertz CT molecular complexity index is 527. The van der Waals surface area contributed by atoms with Gasteiger partial charge in [0.15, 0.2) is 0 Å². The summed E-state index contributed by atoms with van der Waals surface area (Å²) >= 11 is 0. The molecule has 0 bridgehead atoms. The molecule has 175 valence electrons. The van der Waals surface area contributed by atoms with Gasteiger partial charge >= 0.3 is 17.4 Å². The van der Waals surface area contributed by atoms with Gasteiger partial charge in [0.25, 0.3) is 0 Å². The van der Waals surface area contributed by atoms with E-state index in [1.165, 1.54) is 0 Å². The van der Waals surface area contributed by atoms with Gasteiger partial charge in [-0.1, -0.05) is 0 Å². The number of rotatable bonds is 10. The number of carboxylic acids is 6. The molecule has 0 aliphatic carbocycles. The predicted octanol–water partition coefficient (Wildman–Crippen LogP) is -9.38. The summed E-state index contributed by atoms with van der Waals surface area (Å²) in [5.41, 5.74) is -5.95. The van der Waals surface area contributed by atoms with Gasteiger partial charge in [0, 0.05) is 49.6 Å². The first kappa shape index (κ1) is 41.5. The maximum atomic E-state index is 10.1. The van der Waals surface area contributed by atoms with Crippen LogP contribution in [0.15, 0.2) is 0 Å². The minimum Gasteiger partial charge on any atom is -0.550 e. The standard InChI is InChI=1S/2C6H8O7.Cr.3H3N/c2*7-3(8)1-6(13,5(11)12)2-4(9)10;;;;/h2*13H,1-2H2,(H,7,8)(H,9,10)(H,11,12);;3*1H3/q;;+3;;;/p-3. The fourth-order valence-electron chi connectivity index (χ4n) is 1.37.